The molecule has 0 heterocycles. The molecule has 0 bridgehead atoms. The minimum Gasteiger partial charge on any atom is -0.388 e. The van der Waals surface area contributed by atoms with Crippen molar-refractivity contribution < 1.29 is 5.11 Å². The van der Waals surface area contributed by atoms with Gasteiger partial charge in [0.2, 0.25) is 0 Å². The largest absolute Gasteiger partial charge is 0.388 e. The fourth-order valence-electron chi connectivity index (χ4n) is 3.14. The molecule has 1 atom stereocenters. The van der Waals surface area contributed by atoms with E-state index in [0.717, 1.165) is 17.9 Å². The first kappa shape index (κ1) is 11.3. The summed E-state index contributed by atoms with van der Waals surface area (Å²) in [6.45, 7) is 0. The zero-order valence-corrected chi connectivity index (χ0v) is 10.5. The molecular formula is C16H22O. The Bertz CT molecular complexity index is 393. The van der Waals surface area contributed by atoms with Crippen LogP contribution in [0, 0.1) is 5.92 Å². The summed E-state index contributed by atoms with van der Waals surface area (Å²) in [6.07, 6.45) is 9.83. The number of hydrogen-bond acceptors (Lipinski definition) is 1. The van der Waals surface area contributed by atoms with Crippen LogP contribution in [-0.4, -0.2) is 5.11 Å². The summed E-state index contributed by atoms with van der Waals surface area (Å²) in [5, 5.41) is 10.3. The Morgan fingerprint density at radius 2 is 1.82 bits per heavy atom. The lowest BCUT2D eigenvalue weighted by Crippen LogP contribution is -2.15. The van der Waals surface area contributed by atoms with Crippen LogP contribution in [0.15, 0.2) is 18.2 Å². The minimum atomic E-state index is -0.229. The van der Waals surface area contributed by atoms with E-state index in [1.807, 2.05) is 0 Å². The van der Waals surface area contributed by atoms with E-state index >= 15 is 0 Å². The van der Waals surface area contributed by atoms with Crippen molar-refractivity contribution in [3.63, 3.8) is 0 Å². The predicted octanol–water partition coefficient (Wildman–Crippen LogP) is 3.79. The van der Waals surface area contributed by atoms with Crippen molar-refractivity contribution in [1.82, 2.24) is 0 Å². The maximum Gasteiger partial charge on any atom is 0.0792 e. The number of fused-ring (bicyclic) bond motifs is 1. The number of benzene rings is 1. The van der Waals surface area contributed by atoms with Gasteiger partial charge in [-0.3, -0.25) is 0 Å². The van der Waals surface area contributed by atoms with E-state index in [4.69, 9.17) is 0 Å². The highest BCUT2D eigenvalue weighted by molar-refractivity contribution is 5.34. The molecule has 1 saturated carbocycles. The van der Waals surface area contributed by atoms with E-state index < -0.39 is 0 Å². The second kappa shape index (κ2) is 4.81. The molecule has 1 nitrogen and oxygen atoms in total. The van der Waals surface area contributed by atoms with Gasteiger partial charge in [-0.05, 0) is 54.7 Å². The number of aryl methyl sites for hydroxylation is 2. The first-order chi connectivity index (χ1) is 8.33. The van der Waals surface area contributed by atoms with Crippen molar-refractivity contribution in [2.75, 3.05) is 0 Å². The van der Waals surface area contributed by atoms with Crippen molar-refractivity contribution in [2.45, 2.75) is 57.5 Å². The van der Waals surface area contributed by atoms with Gasteiger partial charge in [0.25, 0.3) is 0 Å². The topological polar surface area (TPSA) is 20.2 Å². The Labute approximate surface area is 104 Å². The van der Waals surface area contributed by atoms with Crippen LogP contribution in [0.25, 0.3) is 0 Å². The molecule has 1 unspecified atom stereocenters. The molecule has 2 aliphatic carbocycles. The van der Waals surface area contributed by atoms with Crippen LogP contribution in [0.1, 0.15) is 61.3 Å². The summed E-state index contributed by atoms with van der Waals surface area (Å²) < 4.78 is 0. The van der Waals surface area contributed by atoms with Crippen LogP contribution in [0.5, 0.6) is 0 Å². The molecular weight excluding hydrogens is 208 g/mol. The highest BCUT2D eigenvalue weighted by Gasteiger charge is 2.22. The molecule has 2 aliphatic rings. The van der Waals surface area contributed by atoms with Crippen molar-refractivity contribution in [2.24, 2.45) is 5.92 Å². The van der Waals surface area contributed by atoms with Gasteiger partial charge in [-0.1, -0.05) is 37.5 Å². The smallest absolute Gasteiger partial charge is 0.0792 e. The average molecular weight is 230 g/mol. The maximum atomic E-state index is 10.3. The number of rotatable bonds is 3. The average Bonchev–Trinajstić information content (AvgIpc) is 2.33. The zero-order chi connectivity index (χ0) is 11.7. The quantitative estimate of drug-likeness (QED) is 0.837. The van der Waals surface area contributed by atoms with Gasteiger partial charge in [0.1, 0.15) is 0 Å². The molecule has 1 aromatic carbocycles. The van der Waals surface area contributed by atoms with Gasteiger partial charge in [0, 0.05) is 0 Å². The van der Waals surface area contributed by atoms with Crippen molar-refractivity contribution >= 4 is 0 Å². The van der Waals surface area contributed by atoms with E-state index in [-0.39, 0.29) is 6.10 Å². The van der Waals surface area contributed by atoms with Gasteiger partial charge >= 0.3 is 0 Å². The van der Waals surface area contributed by atoms with E-state index in [1.54, 1.807) is 0 Å². The molecule has 0 saturated heterocycles. The third-order valence-corrected chi connectivity index (χ3v) is 4.54. The van der Waals surface area contributed by atoms with Crippen LogP contribution in [-0.2, 0) is 12.8 Å². The highest BCUT2D eigenvalue weighted by Crippen LogP contribution is 2.35. The highest BCUT2D eigenvalue weighted by atomic mass is 16.3. The molecule has 1 N–H and O–H groups in total. The van der Waals surface area contributed by atoms with Crippen LogP contribution < -0.4 is 0 Å². The molecule has 1 fully saturated rings. The molecule has 92 valence electrons. The van der Waals surface area contributed by atoms with Crippen LogP contribution in [0.4, 0.5) is 0 Å². The monoisotopic (exact) mass is 230 g/mol. The summed E-state index contributed by atoms with van der Waals surface area (Å²) in [4.78, 5) is 0. The van der Waals surface area contributed by atoms with Gasteiger partial charge in [-0.15, -0.1) is 0 Å². The molecule has 1 aromatic rings. The Hall–Kier alpha value is -0.820. The van der Waals surface area contributed by atoms with Gasteiger partial charge in [-0.25, -0.2) is 0 Å². The summed E-state index contributed by atoms with van der Waals surface area (Å²) in [7, 11) is 0. The third kappa shape index (κ3) is 2.40. The Morgan fingerprint density at radius 1 is 1.06 bits per heavy atom. The molecule has 0 aliphatic heterocycles. The predicted molar refractivity (Wildman–Crippen MR) is 70.0 cm³/mol. The second-order valence-electron chi connectivity index (χ2n) is 5.78. The Balaban J connectivity index is 1.73. The van der Waals surface area contributed by atoms with Crippen molar-refractivity contribution in [1.29, 1.82) is 0 Å². The summed E-state index contributed by atoms with van der Waals surface area (Å²) in [5.41, 5.74) is 4.15. The fourth-order valence-corrected chi connectivity index (χ4v) is 3.14. The van der Waals surface area contributed by atoms with Crippen molar-refractivity contribution in [3.05, 3.63) is 34.9 Å². The van der Waals surface area contributed by atoms with Gasteiger partial charge in [0.05, 0.1) is 6.10 Å². The van der Waals surface area contributed by atoms with Crippen molar-refractivity contribution in [3.8, 4) is 0 Å². The summed E-state index contributed by atoms with van der Waals surface area (Å²) >= 11 is 0. The van der Waals surface area contributed by atoms with E-state index in [2.05, 4.69) is 18.2 Å². The van der Waals surface area contributed by atoms with E-state index in [9.17, 15) is 5.11 Å². The molecule has 0 spiro atoms. The molecule has 3 rings (SSSR count). The Morgan fingerprint density at radius 3 is 2.53 bits per heavy atom. The minimum absolute atomic E-state index is 0.229. The normalized spacial score (nSPS) is 21.7. The lowest BCUT2D eigenvalue weighted by atomic mass is 9.80. The summed E-state index contributed by atoms with van der Waals surface area (Å²) in [6, 6.07) is 6.65. The van der Waals surface area contributed by atoms with E-state index in [1.165, 1.54) is 56.1 Å². The molecule has 0 amide bonds. The van der Waals surface area contributed by atoms with Crippen LogP contribution in [0.3, 0.4) is 0 Å². The first-order valence-corrected chi connectivity index (χ1v) is 7.13. The first-order valence-electron chi connectivity index (χ1n) is 7.13. The summed E-state index contributed by atoms with van der Waals surface area (Å²) in [5.74, 6) is 0.779. The van der Waals surface area contributed by atoms with E-state index in [0.29, 0.717) is 0 Å². The lowest BCUT2D eigenvalue weighted by Gasteiger charge is -2.28. The number of aliphatic hydroxyl groups excluding tert-OH is 1. The van der Waals surface area contributed by atoms with Gasteiger partial charge < -0.3 is 5.11 Å². The molecule has 0 radical (unpaired) electrons. The van der Waals surface area contributed by atoms with Gasteiger partial charge in [0.15, 0.2) is 0 Å². The lowest BCUT2D eigenvalue weighted by molar-refractivity contribution is 0.118. The maximum absolute atomic E-state index is 10.3. The van der Waals surface area contributed by atoms with Crippen LogP contribution in [0.2, 0.25) is 0 Å². The SMILES string of the molecule is OC(CC1CCC1)c1ccc2c(c1)CCCC2. The number of hydrogen-bond donors (Lipinski definition) is 1. The van der Waals surface area contributed by atoms with Crippen LogP contribution >= 0.6 is 0 Å². The molecule has 0 aromatic heterocycles. The zero-order valence-electron chi connectivity index (χ0n) is 10.5. The molecule has 17 heavy (non-hydrogen) atoms. The number of aliphatic hydroxyl groups is 1. The van der Waals surface area contributed by atoms with Gasteiger partial charge in [-0.2, -0.15) is 0 Å². The molecule has 1 heteroatoms. The Kier molecular flexibility index (Phi) is 3.19. The second-order valence-corrected chi connectivity index (χ2v) is 5.78. The standard InChI is InChI=1S/C16H22O/c17-16(10-12-4-3-5-12)15-9-8-13-6-1-2-7-14(13)11-15/h8-9,11-12,16-17H,1-7,10H2. The fraction of sp³-hybridized carbons (Fsp3) is 0.625. The third-order valence-electron chi connectivity index (χ3n) is 4.54.